The number of ether oxygens (including phenoxy) is 1. The summed E-state index contributed by atoms with van der Waals surface area (Å²) in [4.78, 5) is 11.7. The van der Waals surface area contributed by atoms with Gasteiger partial charge in [-0.15, -0.1) is 0 Å². The molecule has 3 nitrogen and oxygen atoms in total. The molecule has 0 heterocycles. The zero-order valence-corrected chi connectivity index (χ0v) is 12.6. The van der Waals surface area contributed by atoms with Gasteiger partial charge in [-0.2, -0.15) is 13.2 Å². The Morgan fingerprint density at radius 2 is 1.75 bits per heavy atom. The average Bonchev–Trinajstić information content (AvgIpc) is 2.48. The summed E-state index contributed by atoms with van der Waals surface area (Å²) in [6.07, 6.45) is -4.96. The van der Waals surface area contributed by atoms with Crippen molar-refractivity contribution in [1.82, 2.24) is 0 Å². The summed E-state index contributed by atoms with van der Waals surface area (Å²) >= 11 is 0. The molecule has 0 aliphatic heterocycles. The molecule has 0 aliphatic rings. The molecule has 128 valence electrons. The molecule has 0 spiro atoms. The number of hydrogen-bond donors (Lipinski definition) is 1. The quantitative estimate of drug-likeness (QED) is 0.640. The van der Waals surface area contributed by atoms with E-state index in [1.807, 2.05) is 0 Å². The summed E-state index contributed by atoms with van der Waals surface area (Å²) in [7, 11) is 0.992. The van der Waals surface area contributed by atoms with Crippen LogP contribution in [0, 0.1) is 18.6 Å². The molecule has 0 aliphatic carbocycles. The predicted molar refractivity (Wildman–Crippen MR) is 77.2 cm³/mol. The van der Waals surface area contributed by atoms with E-state index >= 15 is 0 Å². The summed E-state index contributed by atoms with van der Waals surface area (Å²) in [5, 5.41) is 2.63. The molecule has 0 bridgehead atoms. The SMILES string of the molecule is COC(=O)c1cc(C(F)(F)F)c(F)cc1Nc1ccc(F)cc1C. The van der Waals surface area contributed by atoms with Crippen LogP contribution in [0.3, 0.4) is 0 Å². The highest BCUT2D eigenvalue weighted by Gasteiger charge is 2.36. The Kier molecular flexibility index (Phi) is 4.77. The van der Waals surface area contributed by atoms with Gasteiger partial charge < -0.3 is 10.1 Å². The standard InChI is InChI=1S/C16H12F5NO2/c1-8-5-9(17)3-4-13(8)22-14-7-12(18)11(16(19,20)21)6-10(14)15(23)24-2/h3-7,22H,1-2H3. The Labute approximate surface area is 134 Å². The fourth-order valence-corrected chi connectivity index (χ4v) is 2.09. The Bertz CT molecular complexity index is 787. The first-order valence-corrected chi connectivity index (χ1v) is 6.65. The fourth-order valence-electron chi connectivity index (χ4n) is 2.09. The minimum absolute atomic E-state index is 0.220. The first-order valence-electron chi connectivity index (χ1n) is 6.65. The summed E-state index contributed by atoms with van der Waals surface area (Å²) in [5.74, 6) is -3.12. The number of hydrogen-bond acceptors (Lipinski definition) is 3. The van der Waals surface area contributed by atoms with E-state index < -0.39 is 34.9 Å². The number of esters is 1. The molecule has 0 saturated carbocycles. The lowest BCUT2D eigenvalue weighted by Crippen LogP contribution is -2.13. The highest BCUT2D eigenvalue weighted by molar-refractivity contribution is 5.97. The summed E-state index contributed by atoms with van der Waals surface area (Å²) < 4.78 is 69.8. The second kappa shape index (κ2) is 6.46. The van der Waals surface area contributed by atoms with Gasteiger partial charge in [-0.25, -0.2) is 13.6 Å². The maximum atomic E-state index is 13.8. The molecule has 2 rings (SSSR count). The minimum atomic E-state index is -4.96. The van der Waals surface area contributed by atoms with E-state index in [0.29, 0.717) is 23.4 Å². The second-order valence-electron chi connectivity index (χ2n) is 4.95. The lowest BCUT2D eigenvalue weighted by atomic mass is 10.1. The van der Waals surface area contributed by atoms with Crippen LogP contribution in [-0.2, 0) is 10.9 Å². The van der Waals surface area contributed by atoms with Gasteiger partial charge in [0, 0.05) is 5.69 Å². The molecule has 0 fully saturated rings. The maximum Gasteiger partial charge on any atom is 0.419 e. The molecule has 0 aromatic heterocycles. The highest BCUT2D eigenvalue weighted by atomic mass is 19.4. The molecule has 0 amide bonds. The third-order valence-corrected chi connectivity index (χ3v) is 3.28. The van der Waals surface area contributed by atoms with Gasteiger partial charge >= 0.3 is 12.1 Å². The number of aryl methyl sites for hydroxylation is 1. The summed E-state index contributed by atoms with van der Waals surface area (Å²) in [6.45, 7) is 1.55. The zero-order chi connectivity index (χ0) is 18.1. The number of anilines is 2. The average molecular weight is 345 g/mol. The summed E-state index contributed by atoms with van der Waals surface area (Å²) in [5.41, 5.74) is -1.56. The van der Waals surface area contributed by atoms with Gasteiger partial charge in [0.1, 0.15) is 11.6 Å². The fraction of sp³-hybridized carbons (Fsp3) is 0.188. The van der Waals surface area contributed by atoms with Crippen LogP contribution in [0.15, 0.2) is 30.3 Å². The molecular weight excluding hydrogens is 333 g/mol. The smallest absolute Gasteiger partial charge is 0.419 e. The number of benzene rings is 2. The van der Waals surface area contributed by atoms with Crippen LogP contribution >= 0.6 is 0 Å². The Morgan fingerprint density at radius 1 is 1.08 bits per heavy atom. The van der Waals surface area contributed by atoms with Crippen molar-refractivity contribution in [3.63, 3.8) is 0 Å². The van der Waals surface area contributed by atoms with E-state index in [9.17, 15) is 26.7 Å². The Hall–Kier alpha value is -2.64. The van der Waals surface area contributed by atoms with Gasteiger partial charge in [-0.1, -0.05) is 0 Å². The monoisotopic (exact) mass is 345 g/mol. The van der Waals surface area contributed by atoms with Gasteiger partial charge in [0.25, 0.3) is 0 Å². The molecule has 0 unspecified atom stereocenters. The third kappa shape index (κ3) is 3.64. The van der Waals surface area contributed by atoms with Crippen LogP contribution in [0.2, 0.25) is 0 Å². The lowest BCUT2D eigenvalue weighted by Gasteiger charge is -2.16. The number of carbonyl (C=O) groups is 1. The van der Waals surface area contributed by atoms with Gasteiger partial charge in [0.05, 0.1) is 23.9 Å². The van der Waals surface area contributed by atoms with Gasteiger partial charge in [-0.3, -0.25) is 0 Å². The third-order valence-electron chi connectivity index (χ3n) is 3.28. The van der Waals surface area contributed by atoms with Gasteiger partial charge in [-0.05, 0) is 42.8 Å². The van der Waals surface area contributed by atoms with Gasteiger partial charge in [0.2, 0.25) is 0 Å². The highest BCUT2D eigenvalue weighted by Crippen LogP contribution is 2.35. The van der Waals surface area contributed by atoms with Crippen LogP contribution in [0.1, 0.15) is 21.5 Å². The number of methoxy groups -OCH3 is 1. The molecule has 24 heavy (non-hydrogen) atoms. The van der Waals surface area contributed by atoms with Crippen LogP contribution in [-0.4, -0.2) is 13.1 Å². The molecule has 2 aromatic carbocycles. The van der Waals surface area contributed by atoms with E-state index in [4.69, 9.17) is 0 Å². The van der Waals surface area contributed by atoms with E-state index in [0.717, 1.165) is 13.2 Å². The van der Waals surface area contributed by atoms with E-state index in [1.165, 1.54) is 12.1 Å². The van der Waals surface area contributed by atoms with Crippen LogP contribution < -0.4 is 5.32 Å². The Morgan fingerprint density at radius 3 is 2.29 bits per heavy atom. The molecule has 8 heteroatoms. The molecule has 0 saturated heterocycles. The van der Waals surface area contributed by atoms with Crippen molar-refractivity contribution in [3.05, 3.63) is 58.7 Å². The molecule has 0 atom stereocenters. The van der Waals surface area contributed by atoms with Crippen molar-refractivity contribution in [2.45, 2.75) is 13.1 Å². The van der Waals surface area contributed by atoms with E-state index in [-0.39, 0.29) is 5.69 Å². The number of rotatable bonds is 3. The minimum Gasteiger partial charge on any atom is -0.465 e. The van der Waals surface area contributed by atoms with Crippen LogP contribution in [0.25, 0.3) is 0 Å². The van der Waals surface area contributed by atoms with Crippen LogP contribution in [0.5, 0.6) is 0 Å². The second-order valence-corrected chi connectivity index (χ2v) is 4.95. The normalized spacial score (nSPS) is 11.3. The number of halogens is 5. The predicted octanol–water partition coefficient (Wildman–Crippen LogP) is 4.82. The number of nitrogens with one attached hydrogen (secondary N) is 1. The first kappa shape index (κ1) is 17.7. The van der Waals surface area contributed by atoms with E-state index in [1.54, 1.807) is 6.92 Å². The van der Waals surface area contributed by atoms with Crippen molar-refractivity contribution in [2.24, 2.45) is 0 Å². The van der Waals surface area contributed by atoms with Crippen molar-refractivity contribution in [3.8, 4) is 0 Å². The maximum absolute atomic E-state index is 13.8. The molecule has 1 N–H and O–H groups in total. The van der Waals surface area contributed by atoms with E-state index in [2.05, 4.69) is 10.1 Å². The van der Waals surface area contributed by atoms with Crippen molar-refractivity contribution in [1.29, 1.82) is 0 Å². The molecular formula is C16H12F5NO2. The Balaban J connectivity index is 2.56. The molecule has 0 radical (unpaired) electrons. The van der Waals surface area contributed by atoms with Crippen molar-refractivity contribution >= 4 is 17.3 Å². The van der Waals surface area contributed by atoms with Crippen molar-refractivity contribution in [2.75, 3.05) is 12.4 Å². The topological polar surface area (TPSA) is 38.3 Å². The first-order chi connectivity index (χ1) is 11.1. The molecule has 2 aromatic rings. The lowest BCUT2D eigenvalue weighted by molar-refractivity contribution is -0.140. The number of carbonyl (C=O) groups excluding carboxylic acids is 1. The summed E-state index contributed by atoms with van der Waals surface area (Å²) in [6, 6.07) is 4.55. The number of alkyl halides is 3. The van der Waals surface area contributed by atoms with Gasteiger partial charge in [0.15, 0.2) is 0 Å². The zero-order valence-electron chi connectivity index (χ0n) is 12.6. The van der Waals surface area contributed by atoms with Crippen LogP contribution in [0.4, 0.5) is 33.3 Å². The largest absolute Gasteiger partial charge is 0.465 e. The van der Waals surface area contributed by atoms with Crippen molar-refractivity contribution < 1.29 is 31.5 Å².